The molecule has 1 N–H and O–H groups in total. The number of nitrogens with one attached hydrogen (secondary N) is 1. The third-order valence-electron chi connectivity index (χ3n) is 5.07. The number of urea groups is 1. The number of hydrogen-bond donors (Lipinski definition) is 1. The van der Waals surface area contributed by atoms with Gasteiger partial charge < -0.3 is 9.47 Å². The minimum Gasteiger partial charge on any atom is -0.493 e. The van der Waals surface area contributed by atoms with Crippen LogP contribution in [0.25, 0.3) is 6.08 Å². The van der Waals surface area contributed by atoms with Crippen molar-refractivity contribution in [3.8, 4) is 11.5 Å². The molecular weight excluding hydrogens is 604 g/mol. The summed E-state index contributed by atoms with van der Waals surface area (Å²) in [5.41, 5.74) is 1.49. The lowest BCUT2D eigenvalue weighted by atomic mass is 10.1. The summed E-state index contributed by atoms with van der Waals surface area (Å²) >= 11 is 12.9. The lowest BCUT2D eigenvalue weighted by Gasteiger charge is -2.26. The average Bonchev–Trinajstić information content (AvgIpc) is 2.81. The maximum Gasteiger partial charge on any atom is 0.335 e. The number of carbonyl (C=O) groups is 3. The van der Waals surface area contributed by atoms with Crippen LogP contribution in [0.1, 0.15) is 11.1 Å². The molecule has 3 aromatic rings. The standard InChI is InChI=1S/C25H17Br2ClN2O5/c1-34-22-10-14(5-8-21(22)35-13-15-6-7-16(26)11-20(15)27)9-19-23(31)29-25(33)30(24(19)32)18-4-2-3-17(28)12-18/h2-12H,13H2,1H3,(H,29,31,33)/b19-9+. The van der Waals surface area contributed by atoms with Gasteiger partial charge in [-0.3, -0.25) is 14.9 Å². The number of amides is 4. The summed E-state index contributed by atoms with van der Waals surface area (Å²) in [6, 6.07) is 16.2. The molecule has 0 spiro atoms. The molecule has 7 nitrogen and oxygen atoms in total. The molecule has 1 heterocycles. The van der Waals surface area contributed by atoms with Crippen molar-refractivity contribution >= 4 is 73.1 Å². The molecule has 1 saturated heterocycles. The third-order valence-corrected chi connectivity index (χ3v) is 6.53. The number of carbonyl (C=O) groups excluding carboxylic acids is 3. The first kappa shape index (κ1) is 25.0. The highest BCUT2D eigenvalue weighted by Crippen LogP contribution is 2.32. The van der Waals surface area contributed by atoms with Crippen molar-refractivity contribution in [3.05, 3.63) is 91.3 Å². The minimum absolute atomic E-state index is 0.209. The number of anilines is 1. The fraction of sp³-hybridized carbons (Fsp3) is 0.0800. The van der Waals surface area contributed by atoms with E-state index in [1.54, 1.807) is 36.4 Å². The van der Waals surface area contributed by atoms with Crippen LogP contribution in [0.4, 0.5) is 10.5 Å². The van der Waals surface area contributed by atoms with E-state index in [0.29, 0.717) is 28.7 Å². The second kappa shape index (κ2) is 10.6. The molecule has 1 aliphatic heterocycles. The van der Waals surface area contributed by atoms with Crippen LogP contribution in [0.15, 0.2) is 75.2 Å². The van der Waals surface area contributed by atoms with Crippen LogP contribution in [0.3, 0.4) is 0 Å². The van der Waals surface area contributed by atoms with E-state index < -0.39 is 17.8 Å². The van der Waals surface area contributed by atoms with Crippen molar-refractivity contribution < 1.29 is 23.9 Å². The van der Waals surface area contributed by atoms with Crippen molar-refractivity contribution in [2.45, 2.75) is 6.61 Å². The van der Waals surface area contributed by atoms with E-state index in [-0.39, 0.29) is 11.3 Å². The quantitative estimate of drug-likeness (QED) is 0.265. The molecule has 1 aliphatic rings. The molecule has 0 saturated carbocycles. The normalized spacial score (nSPS) is 14.8. The first-order chi connectivity index (χ1) is 16.8. The van der Waals surface area contributed by atoms with Gasteiger partial charge in [-0.25, -0.2) is 9.69 Å². The van der Waals surface area contributed by atoms with E-state index in [9.17, 15) is 14.4 Å². The monoisotopic (exact) mass is 618 g/mol. The number of benzene rings is 3. The molecule has 0 bridgehead atoms. The summed E-state index contributed by atoms with van der Waals surface area (Å²) in [6.07, 6.45) is 1.39. The molecule has 0 unspecified atom stereocenters. The Morgan fingerprint density at radius 1 is 1.00 bits per heavy atom. The predicted octanol–water partition coefficient (Wildman–Crippen LogP) is 6.12. The van der Waals surface area contributed by atoms with Gasteiger partial charge >= 0.3 is 6.03 Å². The van der Waals surface area contributed by atoms with Gasteiger partial charge in [-0.05, 0) is 54.1 Å². The molecule has 178 valence electrons. The molecular formula is C25H17Br2ClN2O5. The molecule has 0 aliphatic carbocycles. The van der Waals surface area contributed by atoms with Gasteiger partial charge in [0, 0.05) is 19.5 Å². The van der Waals surface area contributed by atoms with Gasteiger partial charge in [0.2, 0.25) is 0 Å². The first-order valence-corrected chi connectivity index (χ1v) is 12.1. The Labute approximate surface area is 222 Å². The van der Waals surface area contributed by atoms with Gasteiger partial charge in [-0.2, -0.15) is 0 Å². The maximum atomic E-state index is 13.1. The number of ether oxygens (including phenoxy) is 2. The number of nitrogens with zero attached hydrogens (tertiary/aromatic N) is 1. The van der Waals surface area contributed by atoms with E-state index in [2.05, 4.69) is 37.2 Å². The Kier molecular flexibility index (Phi) is 7.59. The molecule has 10 heteroatoms. The molecule has 1 fully saturated rings. The van der Waals surface area contributed by atoms with Crippen LogP contribution < -0.4 is 19.7 Å². The number of imide groups is 2. The van der Waals surface area contributed by atoms with E-state index in [4.69, 9.17) is 21.1 Å². The molecule has 4 rings (SSSR count). The summed E-state index contributed by atoms with van der Waals surface area (Å²) < 4.78 is 13.2. The maximum absolute atomic E-state index is 13.1. The van der Waals surface area contributed by atoms with Crippen molar-refractivity contribution in [2.24, 2.45) is 0 Å². The molecule has 0 atom stereocenters. The zero-order chi connectivity index (χ0) is 25.1. The zero-order valence-corrected chi connectivity index (χ0v) is 22.1. The zero-order valence-electron chi connectivity index (χ0n) is 18.2. The molecule has 35 heavy (non-hydrogen) atoms. The lowest BCUT2D eigenvalue weighted by Crippen LogP contribution is -2.54. The summed E-state index contributed by atoms with van der Waals surface area (Å²) in [5.74, 6) is -0.656. The van der Waals surface area contributed by atoms with Crippen molar-refractivity contribution in [2.75, 3.05) is 12.0 Å². The highest BCUT2D eigenvalue weighted by Gasteiger charge is 2.36. The van der Waals surface area contributed by atoms with Crippen LogP contribution in [-0.2, 0) is 16.2 Å². The molecule has 4 amide bonds. The number of rotatable bonds is 6. The van der Waals surface area contributed by atoms with Crippen LogP contribution >= 0.6 is 43.5 Å². The molecule has 0 radical (unpaired) electrons. The Bertz CT molecular complexity index is 1380. The third kappa shape index (κ3) is 5.58. The first-order valence-electron chi connectivity index (χ1n) is 10.2. The van der Waals surface area contributed by atoms with Crippen molar-refractivity contribution in [3.63, 3.8) is 0 Å². The number of halogens is 3. The fourth-order valence-corrected chi connectivity index (χ4v) is 4.71. The SMILES string of the molecule is COc1cc(/C=C2\C(=O)NC(=O)N(c3cccc(Cl)c3)C2=O)ccc1OCc1ccc(Br)cc1Br. The Balaban J connectivity index is 1.59. The smallest absolute Gasteiger partial charge is 0.335 e. The lowest BCUT2D eigenvalue weighted by molar-refractivity contribution is -0.122. The summed E-state index contributed by atoms with van der Waals surface area (Å²) in [5, 5.41) is 2.54. The predicted molar refractivity (Wildman–Crippen MR) is 140 cm³/mol. The highest BCUT2D eigenvalue weighted by molar-refractivity contribution is 9.11. The van der Waals surface area contributed by atoms with Gasteiger partial charge in [0.05, 0.1) is 12.8 Å². The van der Waals surface area contributed by atoms with Crippen LogP contribution in [0.5, 0.6) is 11.5 Å². The molecule has 0 aromatic heterocycles. The second-order valence-corrected chi connectivity index (χ2v) is 9.58. The van der Waals surface area contributed by atoms with Gasteiger partial charge in [-0.15, -0.1) is 0 Å². The number of methoxy groups -OCH3 is 1. The Hall–Kier alpha value is -3.14. The van der Waals surface area contributed by atoms with Crippen LogP contribution in [0, 0.1) is 0 Å². The second-order valence-electron chi connectivity index (χ2n) is 7.37. The van der Waals surface area contributed by atoms with E-state index in [1.807, 2.05) is 18.2 Å². The Morgan fingerprint density at radius 3 is 2.51 bits per heavy atom. The Morgan fingerprint density at radius 2 is 1.80 bits per heavy atom. The van der Waals surface area contributed by atoms with Crippen LogP contribution in [-0.4, -0.2) is 25.0 Å². The largest absolute Gasteiger partial charge is 0.493 e. The fourth-order valence-electron chi connectivity index (χ4n) is 3.36. The topological polar surface area (TPSA) is 84.9 Å². The summed E-state index contributed by atoms with van der Waals surface area (Å²) in [7, 11) is 1.49. The van der Waals surface area contributed by atoms with Crippen molar-refractivity contribution in [1.29, 1.82) is 0 Å². The number of barbiturate groups is 1. The van der Waals surface area contributed by atoms with Gasteiger partial charge in [0.15, 0.2) is 11.5 Å². The van der Waals surface area contributed by atoms with E-state index >= 15 is 0 Å². The van der Waals surface area contributed by atoms with E-state index in [0.717, 1.165) is 19.4 Å². The van der Waals surface area contributed by atoms with Gasteiger partial charge in [-0.1, -0.05) is 61.7 Å². The van der Waals surface area contributed by atoms with E-state index in [1.165, 1.54) is 19.3 Å². The van der Waals surface area contributed by atoms with Gasteiger partial charge in [0.25, 0.3) is 11.8 Å². The molecule has 3 aromatic carbocycles. The van der Waals surface area contributed by atoms with Crippen molar-refractivity contribution in [1.82, 2.24) is 5.32 Å². The summed E-state index contributed by atoms with van der Waals surface area (Å²) in [6.45, 7) is 0.294. The number of hydrogen-bond acceptors (Lipinski definition) is 5. The minimum atomic E-state index is -0.847. The van der Waals surface area contributed by atoms with Gasteiger partial charge in [0.1, 0.15) is 12.2 Å². The van der Waals surface area contributed by atoms with Crippen LogP contribution in [0.2, 0.25) is 5.02 Å². The highest BCUT2D eigenvalue weighted by atomic mass is 79.9. The summed E-state index contributed by atoms with van der Waals surface area (Å²) in [4.78, 5) is 38.8. The average molecular weight is 621 g/mol.